The molecule has 0 saturated heterocycles. The molecule has 0 spiro atoms. The van der Waals surface area contributed by atoms with Gasteiger partial charge in [0, 0.05) is 0 Å². The molecule has 1 saturated carbocycles. The molecule has 32 heavy (non-hydrogen) atoms. The van der Waals surface area contributed by atoms with Gasteiger partial charge in [0.25, 0.3) is 0 Å². The van der Waals surface area contributed by atoms with Crippen LogP contribution in [0.1, 0.15) is 99.8 Å². The van der Waals surface area contributed by atoms with Gasteiger partial charge in [0.05, 0.1) is 12.2 Å². The maximum atomic E-state index is 14.6. The van der Waals surface area contributed by atoms with Crippen molar-refractivity contribution in [3.05, 3.63) is 70.8 Å². The van der Waals surface area contributed by atoms with Crippen molar-refractivity contribution in [3.63, 3.8) is 0 Å². The number of hydrogen-bond acceptors (Lipinski definition) is 1. The topological polar surface area (TPSA) is 9.23 Å². The summed E-state index contributed by atoms with van der Waals surface area (Å²) < 4.78 is 34.2. The Hall–Kier alpha value is -1.74. The monoisotopic (exact) mass is 442 g/mol. The van der Waals surface area contributed by atoms with E-state index in [-0.39, 0.29) is 12.2 Å². The molecule has 0 radical (unpaired) electrons. The fourth-order valence-electron chi connectivity index (χ4n) is 4.97. The minimum absolute atomic E-state index is 0.00533. The molecule has 0 amide bonds. The molecule has 3 rings (SSSR count). The van der Waals surface area contributed by atoms with Crippen molar-refractivity contribution in [2.24, 2.45) is 5.92 Å². The second kappa shape index (κ2) is 12.5. The van der Waals surface area contributed by atoms with Crippen LogP contribution in [0.15, 0.2) is 48.5 Å². The van der Waals surface area contributed by atoms with Crippen LogP contribution in [0.25, 0.3) is 0 Å². The van der Waals surface area contributed by atoms with Crippen LogP contribution in [0.3, 0.4) is 0 Å². The molecule has 0 N–H and O–H groups in total. The molecule has 2 aromatic rings. The lowest BCUT2D eigenvalue weighted by Crippen LogP contribution is -2.20. The van der Waals surface area contributed by atoms with E-state index in [0.717, 1.165) is 17.9 Å². The van der Waals surface area contributed by atoms with Gasteiger partial charge in [-0.2, -0.15) is 8.78 Å². The maximum Gasteiger partial charge on any atom is 0.383 e. The first-order chi connectivity index (χ1) is 15.5. The molecule has 0 bridgehead atoms. The second-order valence-electron chi connectivity index (χ2n) is 9.52. The predicted molar refractivity (Wildman–Crippen MR) is 129 cm³/mol. The van der Waals surface area contributed by atoms with Crippen molar-refractivity contribution >= 4 is 0 Å². The van der Waals surface area contributed by atoms with Gasteiger partial charge in [0.2, 0.25) is 0 Å². The number of aryl methyl sites for hydroxylation is 1. The summed E-state index contributed by atoms with van der Waals surface area (Å²) in [6.07, 6.45) is 9.42. The summed E-state index contributed by atoms with van der Waals surface area (Å²) in [5.41, 5.74) is 3.49. The number of alkyl halides is 2. The van der Waals surface area contributed by atoms with Crippen LogP contribution >= 0.6 is 0 Å². The molecular formula is C29H40F2O. The van der Waals surface area contributed by atoms with Crippen molar-refractivity contribution in [2.75, 3.05) is 6.61 Å². The van der Waals surface area contributed by atoms with Crippen molar-refractivity contribution in [1.29, 1.82) is 0 Å². The van der Waals surface area contributed by atoms with Gasteiger partial charge in [0.15, 0.2) is 0 Å². The molecule has 0 heterocycles. The standard InChI is InChI=1S/C29H40F2O/c1-3-5-6-8-24-9-11-25(12-10-24)21-22-32-29(30,31)28-19-17-27(18-20-28)26-15-13-23(7-4-2)14-16-26/h9-12,17-20,23,26H,3-8,13-16,21-22H2,1-2H3. The molecule has 0 aromatic heterocycles. The molecule has 1 nitrogen and oxygen atoms in total. The summed E-state index contributed by atoms with van der Waals surface area (Å²) in [5.74, 6) is 1.36. The molecule has 0 unspecified atom stereocenters. The lowest BCUT2D eigenvalue weighted by Gasteiger charge is -2.29. The Bertz CT molecular complexity index is 774. The van der Waals surface area contributed by atoms with Gasteiger partial charge in [-0.3, -0.25) is 0 Å². The normalized spacial score (nSPS) is 19.2. The smallest absolute Gasteiger partial charge is 0.316 e. The van der Waals surface area contributed by atoms with Crippen molar-refractivity contribution in [1.82, 2.24) is 0 Å². The highest BCUT2D eigenvalue weighted by molar-refractivity contribution is 5.28. The first-order valence-electron chi connectivity index (χ1n) is 12.7. The molecule has 1 fully saturated rings. The Kier molecular flexibility index (Phi) is 9.71. The van der Waals surface area contributed by atoms with Gasteiger partial charge in [-0.25, -0.2) is 0 Å². The van der Waals surface area contributed by atoms with E-state index in [0.29, 0.717) is 12.3 Å². The van der Waals surface area contributed by atoms with Gasteiger partial charge in [-0.05, 0) is 73.5 Å². The Balaban J connectivity index is 1.46. The summed E-state index contributed by atoms with van der Waals surface area (Å²) >= 11 is 0. The molecule has 176 valence electrons. The second-order valence-corrected chi connectivity index (χ2v) is 9.52. The molecule has 1 aliphatic carbocycles. The van der Waals surface area contributed by atoms with E-state index in [1.54, 1.807) is 12.1 Å². The first-order valence-corrected chi connectivity index (χ1v) is 12.7. The summed E-state index contributed by atoms with van der Waals surface area (Å²) in [5, 5.41) is 0. The van der Waals surface area contributed by atoms with Crippen LogP contribution in [-0.4, -0.2) is 6.61 Å². The maximum absolute atomic E-state index is 14.6. The Morgan fingerprint density at radius 2 is 1.41 bits per heavy atom. The Labute approximate surface area is 193 Å². The molecule has 0 aliphatic heterocycles. The van der Waals surface area contributed by atoms with Crippen LogP contribution in [0, 0.1) is 5.92 Å². The fourth-order valence-corrected chi connectivity index (χ4v) is 4.97. The molecular weight excluding hydrogens is 402 g/mol. The van der Waals surface area contributed by atoms with Crippen LogP contribution < -0.4 is 0 Å². The third-order valence-electron chi connectivity index (χ3n) is 7.03. The minimum Gasteiger partial charge on any atom is -0.316 e. The van der Waals surface area contributed by atoms with E-state index in [1.807, 2.05) is 24.3 Å². The molecule has 2 aromatic carbocycles. The summed E-state index contributed by atoms with van der Waals surface area (Å²) in [6, 6.07) is 15.2. The quantitative estimate of drug-likeness (QED) is 0.298. The van der Waals surface area contributed by atoms with Crippen LogP contribution in [0.4, 0.5) is 8.78 Å². The molecule has 0 atom stereocenters. The van der Waals surface area contributed by atoms with E-state index >= 15 is 0 Å². The fraction of sp³-hybridized carbons (Fsp3) is 0.586. The highest BCUT2D eigenvalue weighted by Gasteiger charge is 2.33. The van der Waals surface area contributed by atoms with Crippen molar-refractivity contribution < 1.29 is 13.5 Å². The molecule has 3 heteroatoms. The highest BCUT2D eigenvalue weighted by Crippen LogP contribution is 2.38. The number of hydrogen-bond donors (Lipinski definition) is 0. The largest absolute Gasteiger partial charge is 0.383 e. The zero-order chi connectivity index (χ0) is 22.8. The zero-order valence-electron chi connectivity index (χ0n) is 19.9. The summed E-state index contributed by atoms with van der Waals surface area (Å²) in [7, 11) is 0. The van der Waals surface area contributed by atoms with Crippen molar-refractivity contribution in [3.8, 4) is 0 Å². The molecule has 1 aliphatic rings. The van der Waals surface area contributed by atoms with Gasteiger partial charge < -0.3 is 4.74 Å². The number of halogens is 2. The van der Waals surface area contributed by atoms with Gasteiger partial charge in [-0.15, -0.1) is 0 Å². The van der Waals surface area contributed by atoms with Crippen molar-refractivity contribution in [2.45, 2.75) is 96.5 Å². The third-order valence-corrected chi connectivity index (χ3v) is 7.03. The van der Waals surface area contributed by atoms with E-state index in [1.165, 1.54) is 68.9 Å². The number of unbranched alkanes of at least 4 members (excludes halogenated alkanes) is 2. The van der Waals surface area contributed by atoms with E-state index in [4.69, 9.17) is 4.74 Å². The first kappa shape index (κ1) is 24.9. The Morgan fingerprint density at radius 3 is 2.00 bits per heavy atom. The van der Waals surface area contributed by atoms with Crippen LogP contribution in [0.5, 0.6) is 0 Å². The van der Waals surface area contributed by atoms with Gasteiger partial charge in [-0.1, -0.05) is 88.1 Å². The zero-order valence-corrected chi connectivity index (χ0v) is 19.9. The van der Waals surface area contributed by atoms with Crippen LogP contribution in [0.2, 0.25) is 0 Å². The Morgan fingerprint density at radius 1 is 0.781 bits per heavy atom. The van der Waals surface area contributed by atoms with E-state index in [9.17, 15) is 8.78 Å². The number of rotatable bonds is 12. The van der Waals surface area contributed by atoms with Crippen LogP contribution in [-0.2, 0) is 23.7 Å². The third kappa shape index (κ3) is 7.40. The average molecular weight is 443 g/mol. The summed E-state index contributed by atoms with van der Waals surface area (Å²) in [6.45, 7) is 4.45. The predicted octanol–water partition coefficient (Wildman–Crippen LogP) is 8.80. The summed E-state index contributed by atoms with van der Waals surface area (Å²) in [4.78, 5) is 0. The van der Waals surface area contributed by atoms with Gasteiger partial charge >= 0.3 is 6.11 Å². The van der Waals surface area contributed by atoms with E-state index < -0.39 is 6.11 Å². The lowest BCUT2D eigenvalue weighted by molar-refractivity contribution is -0.248. The van der Waals surface area contributed by atoms with Gasteiger partial charge in [0.1, 0.15) is 0 Å². The number of ether oxygens (including phenoxy) is 1. The average Bonchev–Trinajstić information content (AvgIpc) is 2.81. The SMILES string of the molecule is CCCCCc1ccc(CCOC(F)(F)c2ccc(C3CCC(CCC)CC3)cc2)cc1. The lowest BCUT2D eigenvalue weighted by atomic mass is 9.77. The minimum atomic E-state index is -3.25. The number of benzene rings is 2. The highest BCUT2D eigenvalue weighted by atomic mass is 19.3. The van der Waals surface area contributed by atoms with E-state index in [2.05, 4.69) is 26.0 Å².